The van der Waals surface area contributed by atoms with Gasteiger partial charge in [0.15, 0.2) is 0 Å². The fourth-order valence-electron chi connectivity index (χ4n) is 2.59. The minimum atomic E-state index is -0.520. The number of halogens is 2. The van der Waals surface area contributed by atoms with Gasteiger partial charge in [-0.25, -0.2) is 8.78 Å². The maximum absolute atomic E-state index is 13.1. The average molecular weight is 298 g/mol. The van der Waals surface area contributed by atoms with Gasteiger partial charge in [0.25, 0.3) is 0 Å². The second-order valence-electron chi connectivity index (χ2n) is 5.81. The van der Waals surface area contributed by atoms with Crippen LogP contribution in [-0.4, -0.2) is 49.8 Å². The Morgan fingerprint density at radius 1 is 1.29 bits per heavy atom. The standard InChI is InChI=1S/C16H24F2N2O/c1-12(2)20-5-6-21-16(11-20)10-19-4-3-13-7-14(17)9-15(18)8-13/h7-9,12,16,19H,3-6,10-11H2,1-2H3. The number of nitrogens with one attached hydrogen (secondary N) is 1. The maximum atomic E-state index is 13.1. The molecule has 1 aromatic rings. The molecule has 0 bridgehead atoms. The van der Waals surface area contributed by atoms with Gasteiger partial charge in [-0.05, 0) is 44.5 Å². The van der Waals surface area contributed by atoms with Gasteiger partial charge < -0.3 is 10.1 Å². The quantitative estimate of drug-likeness (QED) is 0.815. The molecule has 0 aliphatic carbocycles. The molecule has 21 heavy (non-hydrogen) atoms. The predicted molar refractivity (Wildman–Crippen MR) is 79.4 cm³/mol. The van der Waals surface area contributed by atoms with Crippen molar-refractivity contribution in [1.82, 2.24) is 10.2 Å². The first-order chi connectivity index (χ1) is 10.0. The highest BCUT2D eigenvalue weighted by Crippen LogP contribution is 2.09. The molecule has 1 atom stereocenters. The van der Waals surface area contributed by atoms with Crippen molar-refractivity contribution in [1.29, 1.82) is 0 Å². The second-order valence-corrected chi connectivity index (χ2v) is 5.81. The Balaban J connectivity index is 1.69. The molecule has 1 aromatic carbocycles. The van der Waals surface area contributed by atoms with Crippen LogP contribution in [0, 0.1) is 11.6 Å². The number of nitrogens with zero attached hydrogens (tertiary/aromatic N) is 1. The first-order valence-electron chi connectivity index (χ1n) is 7.56. The van der Waals surface area contributed by atoms with Crippen molar-refractivity contribution in [2.24, 2.45) is 0 Å². The van der Waals surface area contributed by atoms with Gasteiger partial charge in [0.1, 0.15) is 11.6 Å². The molecule has 0 aromatic heterocycles. The lowest BCUT2D eigenvalue weighted by Gasteiger charge is -2.35. The van der Waals surface area contributed by atoms with E-state index in [1.807, 2.05) is 0 Å². The van der Waals surface area contributed by atoms with Crippen LogP contribution in [-0.2, 0) is 11.2 Å². The molecule has 1 heterocycles. The van der Waals surface area contributed by atoms with E-state index >= 15 is 0 Å². The molecule has 5 heteroatoms. The lowest BCUT2D eigenvalue weighted by atomic mass is 10.1. The number of benzene rings is 1. The first kappa shape index (κ1) is 16.3. The predicted octanol–water partition coefficient (Wildman–Crippen LogP) is 2.21. The van der Waals surface area contributed by atoms with Crippen molar-refractivity contribution in [3.63, 3.8) is 0 Å². The van der Waals surface area contributed by atoms with Crippen LogP contribution >= 0.6 is 0 Å². The summed E-state index contributed by atoms with van der Waals surface area (Å²) >= 11 is 0. The van der Waals surface area contributed by atoms with Crippen LogP contribution in [0.15, 0.2) is 18.2 Å². The third-order valence-corrected chi connectivity index (χ3v) is 3.79. The largest absolute Gasteiger partial charge is 0.374 e. The molecule has 118 valence electrons. The molecule has 0 spiro atoms. The SMILES string of the molecule is CC(C)N1CCOC(CNCCc2cc(F)cc(F)c2)C1. The van der Waals surface area contributed by atoms with Gasteiger partial charge in [0, 0.05) is 31.7 Å². The molecule has 1 unspecified atom stereocenters. The van der Waals surface area contributed by atoms with E-state index in [-0.39, 0.29) is 6.10 Å². The molecule has 0 radical (unpaired) electrons. The first-order valence-corrected chi connectivity index (χ1v) is 7.56. The number of ether oxygens (including phenoxy) is 1. The van der Waals surface area contributed by atoms with E-state index in [1.54, 1.807) is 0 Å². The molecular formula is C16H24F2N2O. The summed E-state index contributed by atoms with van der Waals surface area (Å²) in [7, 11) is 0. The number of morpholine rings is 1. The normalized spacial score (nSPS) is 20.1. The van der Waals surface area contributed by atoms with Crippen LogP contribution in [0.25, 0.3) is 0 Å². The monoisotopic (exact) mass is 298 g/mol. The molecule has 1 saturated heterocycles. The van der Waals surface area contributed by atoms with Gasteiger partial charge in [0.2, 0.25) is 0 Å². The second kappa shape index (κ2) is 7.82. The smallest absolute Gasteiger partial charge is 0.126 e. The van der Waals surface area contributed by atoms with Gasteiger partial charge in [-0.1, -0.05) is 0 Å². The van der Waals surface area contributed by atoms with Crippen molar-refractivity contribution in [2.45, 2.75) is 32.4 Å². The Labute approximate surface area is 125 Å². The van der Waals surface area contributed by atoms with E-state index in [0.29, 0.717) is 24.6 Å². The maximum Gasteiger partial charge on any atom is 0.126 e. The van der Waals surface area contributed by atoms with Crippen LogP contribution in [0.3, 0.4) is 0 Å². The molecule has 1 fully saturated rings. The zero-order valence-corrected chi connectivity index (χ0v) is 12.7. The Kier molecular flexibility index (Phi) is 6.08. The Hall–Kier alpha value is -1.04. The number of rotatable bonds is 6. The summed E-state index contributed by atoms with van der Waals surface area (Å²) in [5.41, 5.74) is 0.674. The van der Waals surface area contributed by atoms with Crippen LogP contribution in [0.2, 0.25) is 0 Å². The minimum absolute atomic E-state index is 0.186. The summed E-state index contributed by atoms with van der Waals surface area (Å²) in [6, 6.07) is 4.18. The van der Waals surface area contributed by atoms with E-state index in [4.69, 9.17) is 4.74 Å². The molecule has 1 N–H and O–H groups in total. The summed E-state index contributed by atoms with van der Waals surface area (Å²) in [6.45, 7) is 8.50. The summed E-state index contributed by atoms with van der Waals surface area (Å²) in [5, 5.41) is 3.31. The van der Waals surface area contributed by atoms with Crippen molar-refractivity contribution in [3.05, 3.63) is 35.4 Å². The zero-order valence-electron chi connectivity index (χ0n) is 12.7. The number of hydrogen-bond donors (Lipinski definition) is 1. The van der Waals surface area contributed by atoms with Gasteiger partial charge in [-0.15, -0.1) is 0 Å². The number of hydrogen-bond acceptors (Lipinski definition) is 3. The van der Waals surface area contributed by atoms with Crippen molar-refractivity contribution >= 4 is 0 Å². The van der Waals surface area contributed by atoms with Gasteiger partial charge >= 0.3 is 0 Å². The van der Waals surface area contributed by atoms with E-state index < -0.39 is 11.6 Å². The highest BCUT2D eigenvalue weighted by molar-refractivity contribution is 5.18. The van der Waals surface area contributed by atoms with E-state index in [1.165, 1.54) is 12.1 Å². The van der Waals surface area contributed by atoms with E-state index in [0.717, 1.165) is 32.3 Å². The third-order valence-electron chi connectivity index (χ3n) is 3.79. The van der Waals surface area contributed by atoms with Crippen molar-refractivity contribution in [2.75, 3.05) is 32.8 Å². The molecule has 0 saturated carbocycles. The molecule has 3 nitrogen and oxygen atoms in total. The van der Waals surface area contributed by atoms with Crippen LogP contribution in [0.1, 0.15) is 19.4 Å². The Morgan fingerprint density at radius 2 is 2.00 bits per heavy atom. The van der Waals surface area contributed by atoms with Gasteiger partial charge in [0.05, 0.1) is 12.7 Å². The molecule has 2 rings (SSSR count). The van der Waals surface area contributed by atoms with Gasteiger partial charge in [-0.3, -0.25) is 4.90 Å². The van der Waals surface area contributed by atoms with Crippen molar-refractivity contribution < 1.29 is 13.5 Å². The van der Waals surface area contributed by atoms with Crippen molar-refractivity contribution in [3.8, 4) is 0 Å². The lowest BCUT2D eigenvalue weighted by Crippen LogP contribution is -2.49. The summed E-state index contributed by atoms with van der Waals surface area (Å²) < 4.78 is 31.8. The summed E-state index contributed by atoms with van der Waals surface area (Å²) in [4.78, 5) is 2.40. The Morgan fingerprint density at radius 3 is 2.67 bits per heavy atom. The fourth-order valence-corrected chi connectivity index (χ4v) is 2.59. The topological polar surface area (TPSA) is 24.5 Å². The minimum Gasteiger partial charge on any atom is -0.374 e. The summed E-state index contributed by atoms with van der Waals surface area (Å²) in [5.74, 6) is -1.04. The van der Waals surface area contributed by atoms with Crippen LogP contribution in [0.4, 0.5) is 8.78 Å². The molecular weight excluding hydrogens is 274 g/mol. The molecule has 1 aliphatic heterocycles. The fraction of sp³-hybridized carbons (Fsp3) is 0.625. The molecule has 1 aliphatic rings. The van der Waals surface area contributed by atoms with Gasteiger partial charge in [-0.2, -0.15) is 0 Å². The lowest BCUT2D eigenvalue weighted by molar-refractivity contribution is -0.0370. The zero-order chi connectivity index (χ0) is 15.2. The van der Waals surface area contributed by atoms with Crippen LogP contribution in [0.5, 0.6) is 0 Å². The van der Waals surface area contributed by atoms with E-state index in [9.17, 15) is 8.78 Å². The van der Waals surface area contributed by atoms with E-state index in [2.05, 4.69) is 24.1 Å². The Bertz CT molecular complexity index is 434. The highest BCUT2D eigenvalue weighted by Gasteiger charge is 2.21. The molecule has 0 amide bonds. The average Bonchev–Trinajstić information content (AvgIpc) is 2.43. The van der Waals surface area contributed by atoms with Crippen LogP contribution < -0.4 is 5.32 Å². The third kappa shape index (κ3) is 5.34. The highest BCUT2D eigenvalue weighted by atomic mass is 19.1. The summed E-state index contributed by atoms with van der Waals surface area (Å²) in [6.07, 6.45) is 0.792.